The largest absolute Gasteiger partial charge is 0.494 e. The summed E-state index contributed by atoms with van der Waals surface area (Å²) in [4.78, 5) is 12.9. The number of hydrogen-bond acceptors (Lipinski definition) is 7. The Morgan fingerprint density at radius 2 is 1.67 bits per heavy atom. The molecule has 0 radical (unpaired) electrons. The van der Waals surface area contributed by atoms with Crippen molar-refractivity contribution in [2.45, 2.75) is 18.7 Å². The molecule has 0 bridgehead atoms. The van der Waals surface area contributed by atoms with Gasteiger partial charge in [0, 0.05) is 5.56 Å². The zero-order valence-electron chi connectivity index (χ0n) is 19.5. The Bertz CT molecular complexity index is 1440. The van der Waals surface area contributed by atoms with Gasteiger partial charge in [-0.3, -0.25) is 14.4 Å². The molecule has 11 heteroatoms. The van der Waals surface area contributed by atoms with Crippen molar-refractivity contribution in [1.82, 2.24) is 10.2 Å². The Hall–Kier alpha value is -3.83. The van der Waals surface area contributed by atoms with E-state index in [0.29, 0.717) is 17.4 Å². The van der Waals surface area contributed by atoms with Crippen molar-refractivity contribution in [3.8, 4) is 16.3 Å². The predicted octanol–water partition coefficient (Wildman–Crippen LogP) is 4.89. The molecular formula is C25H23FN4O4S2. The van der Waals surface area contributed by atoms with E-state index in [0.717, 1.165) is 27.6 Å². The maximum Gasteiger partial charge on any atom is 0.264 e. The summed E-state index contributed by atoms with van der Waals surface area (Å²) in [5.41, 5.74) is 2.09. The zero-order valence-corrected chi connectivity index (χ0v) is 21.1. The first-order chi connectivity index (χ1) is 17.3. The number of hydrogen-bond donors (Lipinski definition) is 1. The van der Waals surface area contributed by atoms with Crippen molar-refractivity contribution < 1.29 is 22.3 Å². The third-order valence-electron chi connectivity index (χ3n) is 5.09. The zero-order chi connectivity index (χ0) is 25.7. The second-order valence-electron chi connectivity index (χ2n) is 7.72. The SMILES string of the molecule is CCOc1ccc(S(=O)(=O)N(CC(=O)Nc2nnc(-c3ccc(C)cc3)s2)c2ccc(F)cc2)cc1. The van der Waals surface area contributed by atoms with Gasteiger partial charge >= 0.3 is 0 Å². The highest BCUT2D eigenvalue weighted by Crippen LogP contribution is 2.28. The van der Waals surface area contributed by atoms with Gasteiger partial charge in [-0.05, 0) is 62.4 Å². The maximum atomic E-state index is 13.5. The number of nitrogens with zero attached hydrogens (tertiary/aromatic N) is 3. The third-order valence-corrected chi connectivity index (χ3v) is 7.77. The van der Waals surface area contributed by atoms with Gasteiger partial charge in [-0.25, -0.2) is 12.8 Å². The Labute approximate surface area is 212 Å². The van der Waals surface area contributed by atoms with E-state index in [2.05, 4.69) is 15.5 Å². The molecule has 186 valence electrons. The smallest absolute Gasteiger partial charge is 0.264 e. The molecular weight excluding hydrogens is 503 g/mol. The summed E-state index contributed by atoms with van der Waals surface area (Å²) in [7, 11) is -4.17. The van der Waals surface area contributed by atoms with Gasteiger partial charge in [0.1, 0.15) is 23.1 Å². The van der Waals surface area contributed by atoms with Gasteiger partial charge in [0.05, 0.1) is 17.2 Å². The average molecular weight is 527 g/mol. The number of benzene rings is 3. The Balaban J connectivity index is 1.57. The second kappa shape index (κ2) is 10.8. The van der Waals surface area contributed by atoms with Crippen LogP contribution in [0.25, 0.3) is 10.6 Å². The minimum absolute atomic E-state index is 0.0411. The van der Waals surface area contributed by atoms with Gasteiger partial charge in [0.15, 0.2) is 0 Å². The molecule has 4 rings (SSSR count). The molecule has 1 aromatic heterocycles. The van der Waals surface area contributed by atoms with Crippen LogP contribution in [0.4, 0.5) is 15.2 Å². The fraction of sp³-hybridized carbons (Fsp3) is 0.160. The average Bonchev–Trinajstić information content (AvgIpc) is 3.32. The number of amides is 1. The molecule has 0 spiro atoms. The van der Waals surface area contributed by atoms with E-state index in [1.165, 1.54) is 47.7 Å². The summed E-state index contributed by atoms with van der Waals surface area (Å²) in [5, 5.41) is 11.6. The molecule has 8 nitrogen and oxygen atoms in total. The normalized spacial score (nSPS) is 11.2. The molecule has 0 saturated carbocycles. The monoisotopic (exact) mass is 526 g/mol. The standard InChI is InChI=1S/C25H23FN4O4S2/c1-3-34-21-12-14-22(15-13-21)36(32,33)30(20-10-8-19(26)9-11-20)16-23(31)27-25-29-28-24(35-25)18-6-4-17(2)5-7-18/h4-15H,3,16H2,1-2H3,(H,27,29,31). The van der Waals surface area contributed by atoms with Gasteiger partial charge in [-0.1, -0.05) is 41.2 Å². The summed E-state index contributed by atoms with van der Waals surface area (Å²) in [5.74, 6) is -0.636. The number of aromatic nitrogens is 2. The topological polar surface area (TPSA) is 101 Å². The maximum absolute atomic E-state index is 13.5. The fourth-order valence-corrected chi connectivity index (χ4v) is 5.49. The number of anilines is 2. The van der Waals surface area contributed by atoms with Crippen LogP contribution in [0.15, 0.2) is 77.7 Å². The van der Waals surface area contributed by atoms with Crippen molar-refractivity contribution in [2.24, 2.45) is 0 Å². The van der Waals surface area contributed by atoms with Crippen LogP contribution in [0.3, 0.4) is 0 Å². The number of aryl methyl sites for hydroxylation is 1. The van der Waals surface area contributed by atoms with Gasteiger partial charge in [-0.15, -0.1) is 10.2 Å². The van der Waals surface area contributed by atoms with E-state index in [1.54, 1.807) is 0 Å². The van der Waals surface area contributed by atoms with E-state index >= 15 is 0 Å². The highest BCUT2D eigenvalue weighted by molar-refractivity contribution is 7.92. The Morgan fingerprint density at radius 1 is 1.00 bits per heavy atom. The van der Waals surface area contributed by atoms with Crippen LogP contribution in [-0.4, -0.2) is 37.7 Å². The molecule has 3 aromatic carbocycles. The van der Waals surface area contributed by atoms with E-state index < -0.39 is 28.3 Å². The van der Waals surface area contributed by atoms with Crippen molar-refractivity contribution >= 4 is 38.1 Å². The first-order valence-corrected chi connectivity index (χ1v) is 13.2. The Morgan fingerprint density at radius 3 is 2.31 bits per heavy atom. The van der Waals surface area contributed by atoms with Gasteiger partial charge in [0.2, 0.25) is 11.0 Å². The molecule has 0 atom stereocenters. The van der Waals surface area contributed by atoms with Crippen LogP contribution in [0, 0.1) is 12.7 Å². The highest BCUT2D eigenvalue weighted by atomic mass is 32.2. The molecule has 1 N–H and O–H groups in total. The molecule has 1 amide bonds. The number of ether oxygens (including phenoxy) is 1. The third kappa shape index (κ3) is 5.86. The lowest BCUT2D eigenvalue weighted by Crippen LogP contribution is -2.38. The van der Waals surface area contributed by atoms with Gasteiger partial charge < -0.3 is 4.74 Å². The molecule has 0 unspecified atom stereocenters. The van der Waals surface area contributed by atoms with E-state index in [9.17, 15) is 17.6 Å². The lowest BCUT2D eigenvalue weighted by molar-refractivity contribution is -0.114. The highest BCUT2D eigenvalue weighted by Gasteiger charge is 2.28. The quantitative estimate of drug-likeness (QED) is 0.333. The first kappa shape index (κ1) is 25.3. The van der Waals surface area contributed by atoms with Crippen LogP contribution in [0.2, 0.25) is 0 Å². The lowest BCUT2D eigenvalue weighted by Gasteiger charge is -2.24. The van der Waals surface area contributed by atoms with E-state index in [1.807, 2.05) is 38.1 Å². The number of carbonyl (C=O) groups is 1. The van der Waals surface area contributed by atoms with E-state index in [4.69, 9.17) is 4.74 Å². The summed E-state index contributed by atoms with van der Waals surface area (Å²) in [6.07, 6.45) is 0. The fourth-order valence-electron chi connectivity index (χ4n) is 3.30. The lowest BCUT2D eigenvalue weighted by atomic mass is 10.2. The second-order valence-corrected chi connectivity index (χ2v) is 10.6. The van der Waals surface area contributed by atoms with Crippen molar-refractivity contribution in [2.75, 3.05) is 22.8 Å². The minimum atomic E-state index is -4.17. The number of nitrogens with one attached hydrogen (secondary N) is 1. The summed E-state index contributed by atoms with van der Waals surface area (Å²) in [6, 6.07) is 18.4. The molecule has 0 aliphatic heterocycles. The predicted molar refractivity (Wildman–Crippen MR) is 137 cm³/mol. The van der Waals surface area contributed by atoms with Crippen LogP contribution < -0.4 is 14.4 Å². The molecule has 0 saturated heterocycles. The van der Waals surface area contributed by atoms with E-state index in [-0.39, 0.29) is 15.7 Å². The Kier molecular flexibility index (Phi) is 7.61. The molecule has 4 aromatic rings. The van der Waals surface area contributed by atoms with Gasteiger partial charge in [0.25, 0.3) is 10.0 Å². The molecule has 0 fully saturated rings. The molecule has 0 aliphatic carbocycles. The first-order valence-electron chi connectivity index (χ1n) is 11.0. The van der Waals surface area contributed by atoms with Crippen molar-refractivity contribution in [3.05, 3.63) is 84.2 Å². The van der Waals surface area contributed by atoms with Crippen LogP contribution >= 0.6 is 11.3 Å². The van der Waals surface area contributed by atoms with Gasteiger partial charge in [-0.2, -0.15) is 0 Å². The molecule has 0 aliphatic rings. The van der Waals surface area contributed by atoms with Crippen LogP contribution in [0.1, 0.15) is 12.5 Å². The number of halogens is 1. The number of carbonyl (C=O) groups excluding carboxylic acids is 1. The summed E-state index contributed by atoms with van der Waals surface area (Å²) < 4.78 is 46.8. The van der Waals surface area contributed by atoms with Crippen LogP contribution in [-0.2, 0) is 14.8 Å². The molecule has 1 heterocycles. The molecule has 36 heavy (non-hydrogen) atoms. The number of sulfonamides is 1. The summed E-state index contributed by atoms with van der Waals surface area (Å²) >= 11 is 1.17. The van der Waals surface area contributed by atoms with Crippen molar-refractivity contribution in [1.29, 1.82) is 0 Å². The summed E-state index contributed by atoms with van der Waals surface area (Å²) in [6.45, 7) is 3.68. The minimum Gasteiger partial charge on any atom is -0.494 e. The van der Waals surface area contributed by atoms with Crippen LogP contribution in [0.5, 0.6) is 5.75 Å². The number of rotatable bonds is 9. The van der Waals surface area contributed by atoms with Crippen molar-refractivity contribution in [3.63, 3.8) is 0 Å².